The van der Waals surface area contributed by atoms with E-state index in [9.17, 15) is 14.4 Å². The second-order valence-electron chi connectivity index (χ2n) is 8.29. The highest BCUT2D eigenvalue weighted by Crippen LogP contribution is 2.28. The molecule has 2 aromatic carbocycles. The summed E-state index contributed by atoms with van der Waals surface area (Å²) in [7, 11) is 3.09. The Morgan fingerprint density at radius 2 is 1.72 bits per heavy atom. The molecule has 0 bridgehead atoms. The van der Waals surface area contributed by atoms with E-state index in [0.717, 1.165) is 10.9 Å². The van der Waals surface area contributed by atoms with E-state index in [-0.39, 0.29) is 12.5 Å². The Hall–Kier alpha value is -4.05. The first-order valence-corrected chi connectivity index (χ1v) is 11.7. The zero-order valence-electron chi connectivity index (χ0n) is 20.5. The molecule has 1 aliphatic heterocycles. The van der Waals surface area contributed by atoms with Gasteiger partial charge in [-0.3, -0.25) is 15.0 Å². The minimum absolute atomic E-state index is 0.0666. The van der Waals surface area contributed by atoms with Gasteiger partial charge in [0.25, 0.3) is 5.91 Å². The summed E-state index contributed by atoms with van der Waals surface area (Å²) in [5.74, 6) is 1.02. The van der Waals surface area contributed by atoms with Gasteiger partial charge in [0.05, 0.1) is 20.8 Å². The van der Waals surface area contributed by atoms with Gasteiger partial charge in [-0.15, -0.1) is 0 Å². The normalized spacial score (nSPS) is 13.9. The Balaban J connectivity index is 1.43. The van der Waals surface area contributed by atoms with Gasteiger partial charge in [-0.25, -0.2) is 9.59 Å². The highest BCUT2D eigenvalue weighted by Gasteiger charge is 2.24. The fourth-order valence-corrected chi connectivity index (χ4v) is 4.23. The number of carbonyl (C=O) groups is 2. The van der Waals surface area contributed by atoms with Crippen molar-refractivity contribution in [1.29, 1.82) is 0 Å². The molecule has 10 nitrogen and oxygen atoms in total. The number of fused-ring (bicyclic) bond motifs is 1. The predicted octanol–water partition coefficient (Wildman–Crippen LogP) is 3.34. The lowest BCUT2D eigenvalue weighted by atomic mass is 10.1. The van der Waals surface area contributed by atoms with Crippen molar-refractivity contribution in [2.24, 2.45) is 0 Å². The van der Waals surface area contributed by atoms with Gasteiger partial charge in [-0.05, 0) is 42.8 Å². The summed E-state index contributed by atoms with van der Waals surface area (Å²) >= 11 is 0. The van der Waals surface area contributed by atoms with Crippen LogP contribution in [0.5, 0.6) is 11.5 Å². The fourth-order valence-electron chi connectivity index (χ4n) is 4.23. The monoisotopic (exact) mass is 495 g/mol. The summed E-state index contributed by atoms with van der Waals surface area (Å²) in [6, 6.07) is 11.8. The van der Waals surface area contributed by atoms with Crippen LogP contribution in [0.1, 0.15) is 22.8 Å². The number of carbonyl (C=O) groups excluding carboxylic acids is 2. The maximum absolute atomic E-state index is 13.0. The Morgan fingerprint density at radius 3 is 2.42 bits per heavy atom. The number of ether oxygens (including phenoxy) is 3. The molecule has 3 aromatic rings. The van der Waals surface area contributed by atoms with Crippen LogP contribution in [0.15, 0.2) is 51.7 Å². The maximum Gasteiger partial charge on any atom is 0.411 e. The standard InChI is InChI=1S/C26H29N3O7/c1-4-35-26(32)27-19-6-7-20-18(14-24(30)36-22(20)15-19)16-28-9-11-29(12-10-28)25(31)17-5-8-21(33-2)23(13-17)34-3/h5-8,13-15H,4,9-12,16H2,1-3H3,(H,27,32). The van der Waals surface area contributed by atoms with Crippen LogP contribution in [-0.4, -0.2) is 68.8 Å². The van der Waals surface area contributed by atoms with Crippen LogP contribution >= 0.6 is 0 Å². The quantitative estimate of drug-likeness (QED) is 0.497. The number of hydrogen-bond donors (Lipinski definition) is 1. The Kier molecular flexibility index (Phi) is 7.74. The molecule has 1 N–H and O–H groups in total. The van der Waals surface area contributed by atoms with E-state index in [1.165, 1.54) is 13.2 Å². The minimum Gasteiger partial charge on any atom is -0.493 e. The summed E-state index contributed by atoms with van der Waals surface area (Å²) in [6.07, 6.45) is -0.573. The first kappa shape index (κ1) is 25.1. The van der Waals surface area contributed by atoms with E-state index < -0.39 is 11.7 Å². The third kappa shape index (κ3) is 5.60. The average Bonchev–Trinajstić information content (AvgIpc) is 2.88. The van der Waals surface area contributed by atoms with Crippen molar-refractivity contribution in [2.75, 3.05) is 52.3 Å². The molecule has 0 aliphatic carbocycles. The highest BCUT2D eigenvalue weighted by atomic mass is 16.5. The molecule has 0 spiro atoms. The summed E-state index contributed by atoms with van der Waals surface area (Å²) in [6.45, 7) is 4.93. The smallest absolute Gasteiger partial charge is 0.411 e. The van der Waals surface area contributed by atoms with Crippen LogP contribution in [0, 0.1) is 0 Å². The first-order valence-electron chi connectivity index (χ1n) is 11.7. The van der Waals surface area contributed by atoms with Crippen molar-refractivity contribution in [3.63, 3.8) is 0 Å². The third-order valence-corrected chi connectivity index (χ3v) is 6.04. The van der Waals surface area contributed by atoms with Crippen LogP contribution < -0.4 is 20.4 Å². The lowest BCUT2D eigenvalue weighted by molar-refractivity contribution is 0.0628. The first-order chi connectivity index (χ1) is 17.4. The van der Waals surface area contributed by atoms with Gasteiger partial charge < -0.3 is 23.5 Å². The van der Waals surface area contributed by atoms with Gasteiger partial charge in [0.15, 0.2) is 11.5 Å². The van der Waals surface area contributed by atoms with Crippen molar-refractivity contribution >= 4 is 28.7 Å². The molecule has 2 heterocycles. The molecular weight excluding hydrogens is 466 g/mol. The molecule has 2 amide bonds. The van der Waals surface area contributed by atoms with E-state index in [1.54, 1.807) is 44.4 Å². The number of amides is 2. The van der Waals surface area contributed by atoms with Crippen LogP contribution in [-0.2, 0) is 11.3 Å². The van der Waals surface area contributed by atoms with Gasteiger partial charge in [-0.1, -0.05) is 0 Å². The van der Waals surface area contributed by atoms with Gasteiger partial charge in [-0.2, -0.15) is 0 Å². The van der Waals surface area contributed by atoms with E-state index in [1.807, 2.05) is 11.0 Å². The molecular formula is C26H29N3O7. The molecule has 0 unspecified atom stereocenters. The van der Waals surface area contributed by atoms with Crippen molar-refractivity contribution < 1.29 is 28.2 Å². The predicted molar refractivity (Wildman–Crippen MR) is 134 cm³/mol. The van der Waals surface area contributed by atoms with Crippen LogP contribution in [0.2, 0.25) is 0 Å². The summed E-state index contributed by atoms with van der Waals surface area (Å²) < 4.78 is 20.8. The molecule has 1 saturated heterocycles. The fraction of sp³-hybridized carbons (Fsp3) is 0.346. The molecule has 1 aliphatic rings. The minimum atomic E-state index is -0.573. The largest absolute Gasteiger partial charge is 0.493 e. The van der Waals surface area contributed by atoms with E-state index in [2.05, 4.69) is 10.2 Å². The summed E-state index contributed by atoms with van der Waals surface area (Å²) in [5.41, 5.74) is 1.76. The topological polar surface area (TPSA) is 111 Å². The Bertz CT molecular complexity index is 1310. The number of piperazine rings is 1. The van der Waals surface area contributed by atoms with E-state index in [4.69, 9.17) is 18.6 Å². The number of hydrogen-bond acceptors (Lipinski definition) is 8. The zero-order chi connectivity index (χ0) is 25.7. The molecule has 4 rings (SSSR count). The van der Waals surface area contributed by atoms with Crippen molar-refractivity contribution in [2.45, 2.75) is 13.5 Å². The van der Waals surface area contributed by atoms with Crippen LogP contribution in [0.3, 0.4) is 0 Å². The molecule has 10 heteroatoms. The second kappa shape index (κ2) is 11.1. The number of nitrogens with zero attached hydrogens (tertiary/aromatic N) is 2. The molecule has 36 heavy (non-hydrogen) atoms. The van der Waals surface area contributed by atoms with E-state index >= 15 is 0 Å². The van der Waals surface area contributed by atoms with E-state index in [0.29, 0.717) is 61.1 Å². The molecule has 0 radical (unpaired) electrons. The maximum atomic E-state index is 13.0. The van der Waals surface area contributed by atoms with Gasteiger partial charge >= 0.3 is 11.7 Å². The van der Waals surface area contributed by atoms with Gasteiger partial charge in [0.1, 0.15) is 5.58 Å². The Morgan fingerprint density at radius 1 is 0.972 bits per heavy atom. The Labute approximate surface area is 208 Å². The summed E-state index contributed by atoms with van der Waals surface area (Å²) in [4.78, 5) is 40.9. The third-order valence-electron chi connectivity index (χ3n) is 6.04. The lowest BCUT2D eigenvalue weighted by Gasteiger charge is -2.35. The van der Waals surface area contributed by atoms with Crippen LogP contribution in [0.25, 0.3) is 11.0 Å². The van der Waals surface area contributed by atoms with Crippen molar-refractivity contribution in [3.8, 4) is 11.5 Å². The van der Waals surface area contributed by atoms with Crippen LogP contribution in [0.4, 0.5) is 10.5 Å². The van der Waals surface area contributed by atoms with Crippen molar-refractivity contribution in [3.05, 3.63) is 64.0 Å². The molecule has 1 fully saturated rings. The number of nitrogens with one attached hydrogen (secondary N) is 1. The summed E-state index contributed by atoms with van der Waals surface area (Å²) in [5, 5.41) is 3.40. The zero-order valence-corrected chi connectivity index (χ0v) is 20.5. The molecule has 0 saturated carbocycles. The number of anilines is 1. The average molecular weight is 496 g/mol. The number of benzene rings is 2. The number of rotatable bonds is 7. The van der Waals surface area contributed by atoms with Crippen molar-refractivity contribution in [1.82, 2.24) is 9.80 Å². The molecule has 1 aromatic heterocycles. The number of methoxy groups -OCH3 is 2. The molecule has 190 valence electrons. The lowest BCUT2D eigenvalue weighted by Crippen LogP contribution is -2.48. The van der Waals surface area contributed by atoms with Gasteiger partial charge in [0, 0.05) is 61.5 Å². The highest BCUT2D eigenvalue weighted by molar-refractivity contribution is 5.95. The van der Waals surface area contributed by atoms with Gasteiger partial charge in [0.2, 0.25) is 0 Å². The SMILES string of the molecule is CCOC(=O)Nc1ccc2c(CN3CCN(C(=O)c4ccc(OC)c(OC)c4)CC3)cc(=O)oc2c1. The molecule has 0 atom stereocenters. The second-order valence-corrected chi connectivity index (χ2v) is 8.29.